The van der Waals surface area contributed by atoms with E-state index >= 15 is 0 Å². The lowest BCUT2D eigenvalue weighted by molar-refractivity contribution is -0.122. The highest BCUT2D eigenvalue weighted by Crippen LogP contribution is 2.31. The number of aliphatic hydroxyl groups excluding tert-OH is 1. The molecule has 2 aliphatic rings. The zero-order chi connectivity index (χ0) is 24.5. The number of anilines is 2. The number of aliphatic hydroxyl groups is 1. The molecule has 1 saturated carbocycles. The van der Waals surface area contributed by atoms with Gasteiger partial charge in [0.25, 0.3) is 0 Å². The Labute approximate surface area is 214 Å². The molecule has 8 heteroatoms. The van der Waals surface area contributed by atoms with Gasteiger partial charge in [0.2, 0.25) is 11.9 Å². The Morgan fingerprint density at radius 1 is 0.944 bits per heavy atom. The molecule has 0 unspecified atom stereocenters. The minimum Gasteiger partial charge on any atom is -0.393 e. The Bertz CT molecular complexity index is 1380. The minimum absolute atomic E-state index is 0.179. The van der Waals surface area contributed by atoms with Crippen LogP contribution in [0.5, 0.6) is 0 Å². The number of hydrogen-bond acceptors (Lipinski definition) is 7. The van der Waals surface area contributed by atoms with Crippen LogP contribution in [0.2, 0.25) is 0 Å². The van der Waals surface area contributed by atoms with E-state index in [0.29, 0.717) is 18.8 Å². The second-order valence-electron chi connectivity index (χ2n) is 9.72. The quantitative estimate of drug-likeness (QED) is 0.358. The van der Waals surface area contributed by atoms with E-state index in [2.05, 4.69) is 29.6 Å². The number of amides is 1. The molecule has 0 atom stereocenters. The lowest BCUT2D eigenvalue weighted by Crippen LogP contribution is -2.43. The van der Waals surface area contributed by atoms with Gasteiger partial charge in [-0.15, -0.1) is 11.3 Å². The van der Waals surface area contributed by atoms with Crippen molar-refractivity contribution in [1.29, 1.82) is 0 Å². The topological polar surface area (TPSA) is 91.2 Å². The molecule has 4 aromatic rings. The van der Waals surface area contributed by atoms with Crippen molar-refractivity contribution in [1.82, 2.24) is 15.0 Å². The van der Waals surface area contributed by atoms with Crippen LogP contribution in [0, 0.1) is 0 Å². The summed E-state index contributed by atoms with van der Waals surface area (Å²) in [5.74, 6) is 0.832. The van der Waals surface area contributed by atoms with Gasteiger partial charge in [-0.05, 0) is 55.5 Å². The van der Waals surface area contributed by atoms with Gasteiger partial charge < -0.3 is 15.3 Å². The number of thiazole rings is 1. The maximum Gasteiger partial charge on any atom is 0.228 e. The Hall–Kier alpha value is -3.36. The molecule has 3 heterocycles. The lowest BCUT2D eigenvalue weighted by atomic mass is 9.93. The van der Waals surface area contributed by atoms with Crippen molar-refractivity contribution in [2.24, 2.45) is 0 Å². The van der Waals surface area contributed by atoms with Gasteiger partial charge in [-0.2, -0.15) is 0 Å². The van der Waals surface area contributed by atoms with Crippen molar-refractivity contribution in [3.8, 4) is 0 Å². The maximum absolute atomic E-state index is 11.8. The maximum atomic E-state index is 11.8. The van der Waals surface area contributed by atoms with Gasteiger partial charge in [0, 0.05) is 37.5 Å². The van der Waals surface area contributed by atoms with Crippen LogP contribution in [-0.2, 0) is 17.6 Å². The largest absolute Gasteiger partial charge is 0.393 e. The molecule has 1 saturated heterocycles. The highest BCUT2D eigenvalue weighted by molar-refractivity contribution is 7.18. The fraction of sp³-hybridized carbons (Fsp3) is 0.357. The third kappa shape index (κ3) is 5.10. The molecule has 2 aromatic carbocycles. The molecule has 7 nitrogen and oxygen atoms in total. The number of rotatable bonds is 7. The first kappa shape index (κ1) is 23.1. The van der Waals surface area contributed by atoms with E-state index in [4.69, 9.17) is 15.0 Å². The van der Waals surface area contributed by atoms with Crippen LogP contribution in [0.25, 0.3) is 10.2 Å². The highest BCUT2D eigenvalue weighted by Gasteiger charge is 2.25. The first-order valence-corrected chi connectivity index (χ1v) is 13.5. The normalized spacial score (nSPS) is 19.9. The molecular weight excluding hydrogens is 470 g/mol. The van der Waals surface area contributed by atoms with Gasteiger partial charge >= 0.3 is 0 Å². The van der Waals surface area contributed by atoms with Crippen LogP contribution in [0.4, 0.5) is 11.6 Å². The molecule has 1 aliphatic carbocycles. The first-order valence-electron chi connectivity index (χ1n) is 12.6. The number of nitrogens with zero attached hydrogens (tertiary/aromatic N) is 4. The summed E-state index contributed by atoms with van der Waals surface area (Å²) in [6.07, 6.45) is 5.26. The van der Waals surface area contributed by atoms with E-state index in [1.165, 1.54) is 5.56 Å². The lowest BCUT2D eigenvalue weighted by Gasteiger charge is -2.30. The first-order chi connectivity index (χ1) is 17.6. The number of nitrogens with one attached hydrogen (secondary N) is 1. The zero-order valence-electron chi connectivity index (χ0n) is 20.1. The monoisotopic (exact) mass is 499 g/mol. The Morgan fingerprint density at radius 3 is 2.44 bits per heavy atom. The van der Waals surface area contributed by atoms with Gasteiger partial charge in [0.15, 0.2) is 0 Å². The van der Waals surface area contributed by atoms with E-state index in [1.807, 2.05) is 35.2 Å². The SMILES string of the molecule is O=C1CCN1c1ccc2nc(Cc3cc(Cc4ccccc4)nc(NC4CCC(O)CC4)n3)sc2c1. The summed E-state index contributed by atoms with van der Waals surface area (Å²) in [6, 6.07) is 18.8. The van der Waals surface area contributed by atoms with Gasteiger partial charge in [-0.25, -0.2) is 15.0 Å². The van der Waals surface area contributed by atoms with Gasteiger partial charge in [-0.3, -0.25) is 4.79 Å². The number of aromatic nitrogens is 3. The number of fused-ring (bicyclic) bond motifs is 1. The van der Waals surface area contributed by atoms with Crippen LogP contribution in [0.1, 0.15) is 54.1 Å². The van der Waals surface area contributed by atoms with E-state index < -0.39 is 0 Å². The van der Waals surface area contributed by atoms with Crippen LogP contribution in [0.15, 0.2) is 54.6 Å². The molecule has 36 heavy (non-hydrogen) atoms. The molecule has 184 valence electrons. The van der Waals surface area contributed by atoms with Crippen LogP contribution < -0.4 is 10.2 Å². The van der Waals surface area contributed by atoms with Crippen molar-refractivity contribution in [3.63, 3.8) is 0 Å². The summed E-state index contributed by atoms with van der Waals surface area (Å²) in [4.78, 5) is 28.2. The van der Waals surface area contributed by atoms with Crippen LogP contribution >= 0.6 is 11.3 Å². The Kier molecular flexibility index (Phi) is 6.37. The summed E-state index contributed by atoms with van der Waals surface area (Å²) in [5, 5.41) is 14.4. The van der Waals surface area contributed by atoms with E-state index in [-0.39, 0.29) is 18.1 Å². The summed E-state index contributed by atoms with van der Waals surface area (Å²) in [5.41, 5.74) is 5.02. The number of benzene rings is 2. The molecule has 1 aliphatic heterocycles. The van der Waals surface area contributed by atoms with Crippen LogP contribution in [-0.4, -0.2) is 44.7 Å². The summed E-state index contributed by atoms with van der Waals surface area (Å²) < 4.78 is 1.08. The Morgan fingerprint density at radius 2 is 1.72 bits per heavy atom. The molecule has 0 bridgehead atoms. The predicted molar refractivity (Wildman–Crippen MR) is 143 cm³/mol. The molecule has 2 aromatic heterocycles. The molecule has 2 fully saturated rings. The number of β-lactam (4-membered cyclic amide) rings is 1. The third-order valence-electron chi connectivity index (χ3n) is 7.00. The van der Waals surface area contributed by atoms with E-state index in [1.54, 1.807) is 11.3 Å². The fourth-order valence-electron chi connectivity index (χ4n) is 4.95. The van der Waals surface area contributed by atoms with E-state index in [9.17, 15) is 9.90 Å². The predicted octanol–water partition coefficient (Wildman–Crippen LogP) is 4.72. The molecule has 1 amide bonds. The van der Waals surface area contributed by atoms with Crippen molar-refractivity contribution in [2.45, 2.75) is 57.1 Å². The Balaban J connectivity index is 1.26. The third-order valence-corrected chi connectivity index (χ3v) is 8.02. The smallest absolute Gasteiger partial charge is 0.228 e. The molecule has 2 N–H and O–H groups in total. The summed E-state index contributed by atoms with van der Waals surface area (Å²) >= 11 is 1.65. The van der Waals surface area contributed by atoms with Gasteiger partial charge in [0.05, 0.1) is 32.7 Å². The molecular formula is C28H29N5O2S. The molecule has 0 spiro atoms. The summed E-state index contributed by atoms with van der Waals surface area (Å²) in [6.45, 7) is 0.789. The number of hydrogen-bond donors (Lipinski definition) is 2. The molecule has 0 radical (unpaired) electrons. The average molecular weight is 500 g/mol. The minimum atomic E-state index is -0.192. The molecule has 6 rings (SSSR count). The average Bonchev–Trinajstić information content (AvgIpc) is 3.26. The standard InChI is InChI=1S/C28H29N5O2S/c34-23-9-6-19(7-10-23)29-28-30-20(14-18-4-2-1-3-5-18)15-21(31-28)16-26-32-24-11-8-22(17-25(24)36-26)33-13-12-27(33)35/h1-5,8,11,15,17,19,23,34H,6-7,9-10,12-14,16H2,(H,29,30,31). The number of carbonyl (C=O) groups is 1. The van der Waals surface area contributed by atoms with Crippen molar-refractivity contribution in [3.05, 3.63) is 76.6 Å². The van der Waals surface area contributed by atoms with E-state index in [0.717, 1.165) is 70.9 Å². The number of carbonyl (C=O) groups excluding carboxylic acids is 1. The summed E-state index contributed by atoms with van der Waals surface area (Å²) in [7, 11) is 0. The zero-order valence-corrected chi connectivity index (χ0v) is 20.9. The second kappa shape index (κ2) is 9.95. The fourth-order valence-corrected chi connectivity index (χ4v) is 5.97. The van der Waals surface area contributed by atoms with Crippen molar-refractivity contribution in [2.75, 3.05) is 16.8 Å². The second-order valence-corrected chi connectivity index (χ2v) is 10.8. The van der Waals surface area contributed by atoms with Gasteiger partial charge in [0.1, 0.15) is 0 Å². The van der Waals surface area contributed by atoms with Gasteiger partial charge in [-0.1, -0.05) is 30.3 Å². The van der Waals surface area contributed by atoms with Crippen LogP contribution in [0.3, 0.4) is 0 Å². The highest BCUT2D eigenvalue weighted by atomic mass is 32.1. The van der Waals surface area contributed by atoms with Crippen molar-refractivity contribution < 1.29 is 9.90 Å². The van der Waals surface area contributed by atoms with Crippen molar-refractivity contribution >= 4 is 39.1 Å².